The van der Waals surface area contributed by atoms with Gasteiger partial charge in [-0.05, 0) is 19.3 Å². The second-order valence-electron chi connectivity index (χ2n) is 14.2. The van der Waals surface area contributed by atoms with E-state index in [-0.39, 0.29) is 0 Å². The molecule has 0 aliphatic heterocycles. The van der Waals surface area contributed by atoms with Crippen LogP contribution in [0.3, 0.4) is 0 Å². The molecule has 2 nitrogen and oxygen atoms in total. The molecule has 0 saturated carbocycles. The summed E-state index contributed by atoms with van der Waals surface area (Å²) in [5.41, 5.74) is 0. The number of hydrogen-bond donors (Lipinski definition) is 1. The number of imidazole rings is 1. The molecule has 1 heterocycles. The topological polar surface area (TPSA) is 19.7 Å². The molecule has 0 unspecified atom stereocenters. The number of aromatic amines is 1. The Morgan fingerprint density at radius 1 is 0.419 bits per heavy atom. The number of nitrogens with one attached hydrogen (secondary N) is 1. The van der Waals surface area contributed by atoms with Gasteiger partial charge in [0.1, 0.15) is 12.4 Å². The maximum atomic E-state index is 3.66. The Bertz CT molecular complexity index is 650. The first-order valence-corrected chi connectivity index (χ1v) is 20.4. The van der Waals surface area contributed by atoms with Gasteiger partial charge >= 0.3 is 0 Å². The van der Waals surface area contributed by atoms with Crippen molar-refractivity contribution in [3.63, 3.8) is 0 Å². The lowest BCUT2D eigenvalue weighted by atomic mass is 9.93. The van der Waals surface area contributed by atoms with Gasteiger partial charge in [0.25, 0.3) is 5.82 Å². The highest BCUT2D eigenvalue weighted by Crippen LogP contribution is 2.26. The third kappa shape index (κ3) is 25.1. The molecule has 254 valence electrons. The van der Waals surface area contributed by atoms with Gasteiger partial charge in [-0.15, -0.1) is 0 Å². The van der Waals surface area contributed by atoms with Crippen LogP contribution in [0.2, 0.25) is 0 Å². The van der Waals surface area contributed by atoms with Crippen LogP contribution in [0.15, 0.2) is 12.4 Å². The van der Waals surface area contributed by atoms with E-state index in [1.807, 2.05) is 0 Å². The van der Waals surface area contributed by atoms with Gasteiger partial charge in [-0.1, -0.05) is 213 Å². The van der Waals surface area contributed by atoms with Crippen molar-refractivity contribution in [3.8, 4) is 0 Å². The van der Waals surface area contributed by atoms with Crippen LogP contribution < -0.4 is 4.57 Å². The van der Waals surface area contributed by atoms with Crippen LogP contribution in [-0.2, 0) is 6.54 Å². The van der Waals surface area contributed by atoms with Crippen LogP contribution in [0.25, 0.3) is 0 Å². The number of nitrogens with zero attached hydrogens (tertiary/aromatic N) is 1. The average Bonchev–Trinajstić information content (AvgIpc) is 3.48. The minimum Gasteiger partial charge on any atom is -0.247 e. The standard InChI is InChI=1S/C41H80N2/c1-4-7-9-11-13-15-17-19-20-21-22-24-26-28-30-32-34-36-40(41-42-37-39-43(41)38-6-3)35-33-31-29-27-25-23-18-16-14-12-10-8-5-2/h37,39-40H,4-36,38H2,1-3H3/p+1/t40-/m0/s1. The predicted octanol–water partition coefficient (Wildman–Crippen LogP) is 14.3. The van der Waals surface area contributed by atoms with Crippen molar-refractivity contribution >= 4 is 0 Å². The summed E-state index contributed by atoms with van der Waals surface area (Å²) in [7, 11) is 0. The van der Waals surface area contributed by atoms with Crippen LogP contribution >= 0.6 is 0 Å². The minimum absolute atomic E-state index is 0.727. The fraction of sp³-hybridized carbons (Fsp3) is 0.927. The number of rotatable bonds is 35. The van der Waals surface area contributed by atoms with E-state index in [2.05, 4.69) is 42.7 Å². The summed E-state index contributed by atoms with van der Waals surface area (Å²) in [5.74, 6) is 2.24. The maximum Gasteiger partial charge on any atom is 0.257 e. The first-order chi connectivity index (χ1) is 21.3. The highest BCUT2D eigenvalue weighted by Gasteiger charge is 2.22. The molecule has 0 aliphatic rings. The summed E-state index contributed by atoms with van der Waals surface area (Å²) < 4.78 is 2.51. The molecule has 2 heteroatoms. The molecule has 0 fully saturated rings. The van der Waals surface area contributed by atoms with Gasteiger partial charge in [0.2, 0.25) is 0 Å². The van der Waals surface area contributed by atoms with Crippen molar-refractivity contribution in [3.05, 3.63) is 18.2 Å². The lowest BCUT2D eigenvalue weighted by Crippen LogP contribution is -2.37. The molecule has 1 aromatic rings. The minimum atomic E-state index is 0.727. The van der Waals surface area contributed by atoms with Crippen molar-refractivity contribution in [2.24, 2.45) is 0 Å². The van der Waals surface area contributed by atoms with Crippen molar-refractivity contribution < 1.29 is 4.57 Å². The van der Waals surface area contributed by atoms with E-state index in [9.17, 15) is 0 Å². The monoisotopic (exact) mass is 602 g/mol. The number of unbranched alkanes of at least 4 members (excludes halogenated alkanes) is 28. The highest BCUT2D eigenvalue weighted by atomic mass is 15.1. The molecule has 0 bridgehead atoms. The third-order valence-corrected chi connectivity index (χ3v) is 9.96. The zero-order chi connectivity index (χ0) is 30.9. The van der Waals surface area contributed by atoms with Crippen molar-refractivity contribution in [1.82, 2.24) is 4.98 Å². The molecule has 1 rings (SSSR count). The fourth-order valence-corrected chi connectivity index (χ4v) is 7.11. The normalized spacial score (nSPS) is 12.3. The van der Waals surface area contributed by atoms with Crippen LogP contribution in [-0.4, -0.2) is 4.98 Å². The zero-order valence-electron chi connectivity index (χ0n) is 30.2. The summed E-state index contributed by atoms with van der Waals surface area (Å²) in [4.78, 5) is 3.66. The summed E-state index contributed by atoms with van der Waals surface area (Å²) in [5, 5.41) is 0. The van der Waals surface area contributed by atoms with E-state index in [1.165, 1.54) is 218 Å². The molecule has 1 N–H and O–H groups in total. The van der Waals surface area contributed by atoms with E-state index >= 15 is 0 Å². The summed E-state index contributed by atoms with van der Waals surface area (Å²) in [6, 6.07) is 0. The molecule has 0 radical (unpaired) electrons. The number of aryl methyl sites for hydroxylation is 1. The summed E-state index contributed by atoms with van der Waals surface area (Å²) in [6.07, 6.45) is 52.0. The van der Waals surface area contributed by atoms with E-state index in [0.717, 1.165) is 12.5 Å². The first-order valence-electron chi connectivity index (χ1n) is 20.4. The van der Waals surface area contributed by atoms with Gasteiger partial charge in [-0.3, -0.25) is 0 Å². The molecule has 0 aromatic carbocycles. The maximum absolute atomic E-state index is 3.66. The van der Waals surface area contributed by atoms with Crippen molar-refractivity contribution in [1.29, 1.82) is 0 Å². The molecule has 0 spiro atoms. The number of hydrogen-bond acceptors (Lipinski definition) is 0. The largest absolute Gasteiger partial charge is 0.257 e. The van der Waals surface area contributed by atoms with Gasteiger partial charge < -0.3 is 0 Å². The lowest BCUT2D eigenvalue weighted by molar-refractivity contribution is -0.704. The second-order valence-corrected chi connectivity index (χ2v) is 14.2. The molecule has 0 aliphatic carbocycles. The van der Waals surface area contributed by atoms with Crippen LogP contribution in [0.5, 0.6) is 0 Å². The molecular weight excluding hydrogens is 520 g/mol. The van der Waals surface area contributed by atoms with E-state index in [0.29, 0.717) is 0 Å². The Morgan fingerprint density at radius 2 is 0.721 bits per heavy atom. The lowest BCUT2D eigenvalue weighted by Gasteiger charge is -2.14. The van der Waals surface area contributed by atoms with Gasteiger partial charge in [-0.2, -0.15) is 0 Å². The molecule has 0 saturated heterocycles. The molecule has 43 heavy (non-hydrogen) atoms. The fourth-order valence-electron chi connectivity index (χ4n) is 7.11. The van der Waals surface area contributed by atoms with Gasteiger partial charge in [-0.25, -0.2) is 9.55 Å². The quantitative estimate of drug-likeness (QED) is 0.0590. The van der Waals surface area contributed by atoms with Crippen LogP contribution in [0, 0.1) is 0 Å². The molecule has 1 aromatic heterocycles. The van der Waals surface area contributed by atoms with Crippen LogP contribution in [0.4, 0.5) is 0 Å². The van der Waals surface area contributed by atoms with Crippen LogP contribution in [0.1, 0.15) is 244 Å². The number of aromatic nitrogens is 2. The third-order valence-electron chi connectivity index (χ3n) is 9.96. The smallest absolute Gasteiger partial charge is 0.247 e. The first kappa shape index (κ1) is 40.2. The van der Waals surface area contributed by atoms with Gasteiger partial charge in [0, 0.05) is 0 Å². The Hall–Kier alpha value is -0.790. The molecule has 1 atom stereocenters. The average molecular weight is 602 g/mol. The SMILES string of the molecule is CCCCCCCCCCCCCCCCCCC[C@H](CCCCCCCCCCCCCCC)c1[nH]cc[n+]1CCC. The Labute approximate surface area is 272 Å². The van der Waals surface area contributed by atoms with E-state index < -0.39 is 0 Å². The van der Waals surface area contributed by atoms with E-state index in [1.54, 1.807) is 0 Å². The van der Waals surface area contributed by atoms with Gasteiger partial charge in [0.15, 0.2) is 0 Å². The Balaban J connectivity index is 2.07. The zero-order valence-corrected chi connectivity index (χ0v) is 30.2. The predicted molar refractivity (Wildman–Crippen MR) is 193 cm³/mol. The van der Waals surface area contributed by atoms with Crippen molar-refractivity contribution in [2.75, 3.05) is 0 Å². The molecule has 0 amide bonds. The van der Waals surface area contributed by atoms with E-state index in [4.69, 9.17) is 0 Å². The second kappa shape index (κ2) is 32.6. The highest BCUT2D eigenvalue weighted by molar-refractivity contribution is 4.90. The Kier molecular flexibility index (Phi) is 30.5. The summed E-state index contributed by atoms with van der Waals surface area (Å²) >= 11 is 0. The Morgan fingerprint density at radius 3 is 1.02 bits per heavy atom. The number of H-pyrrole nitrogens is 1. The van der Waals surface area contributed by atoms with Gasteiger partial charge in [0.05, 0.1) is 12.5 Å². The molecular formula is C41H81N2+. The van der Waals surface area contributed by atoms with Crippen molar-refractivity contribution in [2.45, 2.75) is 245 Å². The summed E-state index contributed by atoms with van der Waals surface area (Å²) in [6.45, 7) is 8.09.